The summed E-state index contributed by atoms with van der Waals surface area (Å²) in [6.45, 7) is 0. The van der Waals surface area contributed by atoms with Crippen LogP contribution in [0, 0.1) is 0 Å². The van der Waals surface area contributed by atoms with Crippen LogP contribution < -0.4 is 25.0 Å². The van der Waals surface area contributed by atoms with E-state index in [1.165, 1.54) is 0 Å². The van der Waals surface area contributed by atoms with E-state index in [1.54, 1.807) is 5.43 Å². The van der Waals surface area contributed by atoms with Gasteiger partial charge < -0.3 is 28.7 Å². The van der Waals surface area contributed by atoms with E-state index in [9.17, 15) is 28.7 Å². The van der Waals surface area contributed by atoms with Crippen LogP contribution in [0.4, 0.5) is 0 Å². The van der Waals surface area contributed by atoms with Crippen molar-refractivity contribution in [1.82, 2.24) is 10.1 Å². The normalized spacial score (nSPS) is 18.1. The largest absolute Gasteiger partial charge is 0.806 e. The number of hydrogen-bond acceptors (Lipinski definition) is 9. The van der Waals surface area contributed by atoms with Crippen LogP contribution in [0.15, 0.2) is 16.6 Å². The number of allylic oxidation sites excluding steroid dienone is 1. The van der Waals surface area contributed by atoms with E-state index in [4.69, 9.17) is 11.8 Å². The topological polar surface area (TPSA) is 154 Å². The van der Waals surface area contributed by atoms with Crippen LogP contribution in [0.3, 0.4) is 0 Å². The molecule has 0 spiro atoms. The van der Waals surface area contributed by atoms with Crippen LogP contribution in [-0.2, 0) is 9.13 Å². The zero-order valence-corrected chi connectivity index (χ0v) is 9.24. The Morgan fingerprint density at radius 3 is 2.20 bits per heavy atom. The first-order valence-electron chi connectivity index (χ1n) is 3.19. The molecule has 0 bridgehead atoms. The third-order valence-electron chi connectivity index (χ3n) is 1.24. The molecule has 0 amide bonds. The average Bonchev–Trinajstić information content (AvgIpc) is 1.99. The average molecular weight is 273 g/mol. The van der Waals surface area contributed by atoms with Gasteiger partial charge in [-0.25, -0.2) is 0 Å². The lowest BCUT2D eigenvalue weighted by molar-refractivity contribution is -0.311. The fourth-order valence-electron chi connectivity index (χ4n) is 0.667. The molecule has 86 valence electrons. The molecule has 1 rings (SSSR count). The van der Waals surface area contributed by atoms with Crippen LogP contribution in [0.5, 0.6) is 0 Å². The number of nitrogens with one attached hydrogen (secondary N) is 1. The predicted molar refractivity (Wildman–Crippen MR) is 41.6 cm³/mol. The molecule has 0 aromatic heterocycles. The van der Waals surface area contributed by atoms with E-state index in [0.717, 1.165) is 0 Å². The van der Waals surface area contributed by atoms with Crippen LogP contribution in [0.2, 0.25) is 0 Å². The molecule has 1 aliphatic rings. The Labute approximate surface area is 88.4 Å². The maximum Gasteiger partial charge on any atom is 0.0972 e. The van der Waals surface area contributed by atoms with Gasteiger partial charge in [0, 0.05) is 0 Å². The van der Waals surface area contributed by atoms with Gasteiger partial charge in [0.25, 0.3) is 0 Å². The lowest BCUT2D eigenvalue weighted by Gasteiger charge is -2.38. The van der Waals surface area contributed by atoms with Gasteiger partial charge in [-0.2, -0.15) is 0 Å². The Morgan fingerprint density at radius 2 is 1.80 bits per heavy atom. The van der Waals surface area contributed by atoms with E-state index in [0.29, 0.717) is 6.08 Å². The minimum Gasteiger partial charge on any atom is -0.806 e. The predicted octanol–water partition coefficient (Wildman–Crippen LogP) is -3.06. The Morgan fingerprint density at radius 1 is 1.27 bits per heavy atom. The van der Waals surface area contributed by atoms with Crippen LogP contribution in [0.1, 0.15) is 0 Å². The van der Waals surface area contributed by atoms with Gasteiger partial charge in [0.2, 0.25) is 0 Å². The van der Waals surface area contributed by atoms with Crippen LogP contribution >= 0.6 is 27.0 Å². The standard InChI is InChI=1S/C3H6ClN3O6P2/c4-7-5-2(14(8,9)10)1-3(6-7)15(11,12)13/h1,5H,(H2,8,9,10)(H2,11,12,13)/p-4. The molecule has 15 heavy (non-hydrogen) atoms. The smallest absolute Gasteiger partial charge is 0.0972 e. The number of hydrazine groups is 1. The zero-order chi connectivity index (χ0) is 11.9. The number of hydrogen-bond donors (Lipinski definition) is 1. The highest BCUT2D eigenvalue weighted by atomic mass is 35.5. The molecule has 9 nitrogen and oxygen atoms in total. The molecule has 0 unspecified atom stereocenters. The molecule has 0 fully saturated rings. The summed E-state index contributed by atoms with van der Waals surface area (Å²) in [5.74, 6) is 0. The van der Waals surface area contributed by atoms with Crippen molar-refractivity contribution in [2.24, 2.45) is 5.10 Å². The van der Waals surface area contributed by atoms with Crippen molar-refractivity contribution in [2.45, 2.75) is 0 Å². The molecule has 0 aromatic carbocycles. The maximum absolute atomic E-state index is 10.5. The van der Waals surface area contributed by atoms with E-state index in [-0.39, 0.29) is 4.64 Å². The fraction of sp³-hybridized carbons (Fsp3) is 0. The SMILES string of the molecule is O=P([O-])([O-])C1=CC(P(=O)([O-])[O-])=NN(Cl)N1. The highest BCUT2D eigenvalue weighted by Crippen LogP contribution is 2.39. The van der Waals surface area contributed by atoms with Crippen molar-refractivity contribution >= 4 is 32.4 Å². The Balaban J connectivity index is 3.17. The third kappa shape index (κ3) is 3.29. The summed E-state index contributed by atoms with van der Waals surface area (Å²) >= 11 is 5.11. The first-order chi connectivity index (χ1) is 6.60. The van der Waals surface area contributed by atoms with E-state index in [2.05, 4.69) is 5.10 Å². The lowest BCUT2D eigenvalue weighted by atomic mass is 10.6. The first-order valence-corrected chi connectivity index (χ1v) is 6.61. The molecule has 0 atom stereocenters. The summed E-state index contributed by atoms with van der Waals surface area (Å²) < 4.78 is 21.1. The molecule has 12 heteroatoms. The quantitative estimate of drug-likeness (QED) is 0.411. The lowest BCUT2D eigenvalue weighted by Crippen LogP contribution is -2.36. The summed E-state index contributed by atoms with van der Waals surface area (Å²) in [5, 5.41) is 2.96. The highest BCUT2D eigenvalue weighted by molar-refractivity contribution is 7.68. The molecule has 0 saturated heterocycles. The Kier molecular flexibility index (Phi) is 3.27. The molecule has 1 heterocycles. The number of halogens is 1. The van der Waals surface area contributed by atoms with Crippen molar-refractivity contribution in [2.75, 3.05) is 0 Å². The number of hydrazone groups is 1. The molecule has 0 saturated carbocycles. The second kappa shape index (κ2) is 3.88. The van der Waals surface area contributed by atoms with Gasteiger partial charge in [0.05, 0.1) is 22.7 Å². The van der Waals surface area contributed by atoms with Gasteiger partial charge in [0.1, 0.15) is 0 Å². The van der Waals surface area contributed by atoms with Crippen molar-refractivity contribution < 1.29 is 28.7 Å². The third-order valence-corrected chi connectivity index (χ3v) is 3.00. The van der Waals surface area contributed by atoms with E-state index in [1.807, 2.05) is 0 Å². The zero-order valence-electron chi connectivity index (χ0n) is 6.69. The van der Waals surface area contributed by atoms with Crippen LogP contribution in [-0.4, -0.2) is 10.1 Å². The minimum atomic E-state index is -5.28. The Hall–Kier alpha value is -0.400. The fourth-order valence-corrected chi connectivity index (χ4v) is 2.04. The second-order valence-electron chi connectivity index (χ2n) is 2.35. The second-order valence-corrected chi connectivity index (χ2v) is 5.60. The summed E-state index contributed by atoms with van der Waals surface area (Å²) in [6, 6.07) is 0. The molecule has 0 aromatic rings. The Bertz CT molecular complexity index is 421. The van der Waals surface area contributed by atoms with Crippen LogP contribution in [0.25, 0.3) is 0 Å². The first kappa shape index (κ1) is 12.7. The van der Waals surface area contributed by atoms with Crippen molar-refractivity contribution in [3.63, 3.8) is 0 Å². The van der Waals surface area contributed by atoms with Gasteiger partial charge in [-0.3, -0.25) is 5.43 Å². The van der Waals surface area contributed by atoms with E-state index >= 15 is 0 Å². The van der Waals surface area contributed by atoms with Crippen molar-refractivity contribution in [3.8, 4) is 0 Å². The van der Waals surface area contributed by atoms with Gasteiger partial charge in [-0.15, -0.1) is 9.74 Å². The molecule has 1 N–H and O–H groups in total. The molecular formula is C3H2ClN3O6P2-4. The van der Waals surface area contributed by atoms with Gasteiger partial charge in [-0.05, 0) is 21.3 Å². The van der Waals surface area contributed by atoms with Crippen molar-refractivity contribution in [1.29, 1.82) is 0 Å². The molecule has 0 aliphatic carbocycles. The minimum absolute atomic E-state index is 0.121. The van der Waals surface area contributed by atoms with Gasteiger partial charge >= 0.3 is 0 Å². The summed E-state index contributed by atoms with van der Waals surface area (Å²) in [5.41, 5.74) is -0.444. The molecular weight excluding hydrogens is 271 g/mol. The molecule has 0 radical (unpaired) electrons. The summed E-state index contributed by atoms with van der Waals surface area (Å²) in [6.07, 6.45) is 0.306. The van der Waals surface area contributed by atoms with E-state index < -0.39 is 26.1 Å². The number of rotatable bonds is 2. The highest BCUT2D eigenvalue weighted by Gasteiger charge is 2.15. The summed E-state index contributed by atoms with van der Waals surface area (Å²) in [4.78, 5) is 42.0. The van der Waals surface area contributed by atoms with Gasteiger partial charge in [-0.1, -0.05) is 0 Å². The monoisotopic (exact) mass is 273 g/mol. The maximum atomic E-state index is 10.5. The molecule has 1 aliphatic heterocycles. The van der Waals surface area contributed by atoms with Crippen molar-refractivity contribution in [3.05, 3.63) is 11.5 Å². The van der Waals surface area contributed by atoms with Gasteiger partial charge in [0.15, 0.2) is 0 Å². The summed E-state index contributed by atoms with van der Waals surface area (Å²) in [7, 11) is -10.5. The number of nitrogens with zero attached hydrogens (tertiary/aromatic N) is 2.